The van der Waals surface area contributed by atoms with Gasteiger partial charge in [0.15, 0.2) is 17.5 Å². The summed E-state index contributed by atoms with van der Waals surface area (Å²) in [5.41, 5.74) is 1.04. The van der Waals surface area contributed by atoms with Crippen molar-refractivity contribution in [2.24, 2.45) is 4.99 Å². The standard InChI is InChI=1S/C14H22BrN3O2/c1-5-16-14(17-6-2)18-9-10-7-12(19-3)13(20-4)8-11(10)15/h7-8H,5-6,9H2,1-4H3,(H2,16,17,18). The first-order valence-electron chi connectivity index (χ1n) is 6.58. The van der Waals surface area contributed by atoms with Crippen LogP contribution in [0.25, 0.3) is 0 Å². The highest BCUT2D eigenvalue weighted by atomic mass is 79.9. The van der Waals surface area contributed by atoms with Gasteiger partial charge in [-0.1, -0.05) is 15.9 Å². The smallest absolute Gasteiger partial charge is 0.191 e. The van der Waals surface area contributed by atoms with Crippen molar-refractivity contribution in [3.05, 3.63) is 22.2 Å². The van der Waals surface area contributed by atoms with E-state index in [-0.39, 0.29) is 0 Å². The average molecular weight is 344 g/mol. The summed E-state index contributed by atoms with van der Waals surface area (Å²) in [6.07, 6.45) is 0. The quantitative estimate of drug-likeness (QED) is 0.615. The van der Waals surface area contributed by atoms with Crippen LogP contribution in [0.1, 0.15) is 19.4 Å². The van der Waals surface area contributed by atoms with Crippen molar-refractivity contribution < 1.29 is 9.47 Å². The molecule has 0 bridgehead atoms. The summed E-state index contributed by atoms with van der Waals surface area (Å²) in [6.45, 7) is 6.30. The van der Waals surface area contributed by atoms with E-state index < -0.39 is 0 Å². The highest BCUT2D eigenvalue weighted by Gasteiger charge is 2.09. The summed E-state index contributed by atoms with van der Waals surface area (Å²) in [6, 6.07) is 3.83. The Bertz CT molecular complexity index is 456. The summed E-state index contributed by atoms with van der Waals surface area (Å²) < 4.78 is 11.5. The number of halogens is 1. The van der Waals surface area contributed by atoms with Gasteiger partial charge in [0.1, 0.15) is 0 Å². The molecule has 0 aliphatic rings. The van der Waals surface area contributed by atoms with E-state index in [0.29, 0.717) is 18.0 Å². The molecule has 1 rings (SSSR count). The fourth-order valence-corrected chi connectivity index (χ4v) is 2.14. The van der Waals surface area contributed by atoms with E-state index in [1.54, 1.807) is 14.2 Å². The Hall–Kier alpha value is -1.43. The lowest BCUT2D eigenvalue weighted by Gasteiger charge is -2.12. The third-order valence-corrected chi connectivity index (χ3v) is 3.39. The van der Waals surface area contributed by atoms with Gasteiger partial charge in [-0.25, -0.2) is 4.99 Å². The number of nitrogens with zero attached hydrogens (tertiary/aromatic N) is 1. The lowest BCUT2D eigenvalue weighted by Crippen LogP contribution is -2.36. The molecule has 112 valence electrons. The number of rotatable bonds is 6. The second-order valence-corrected chi connectivity index (χ2v) is 4.88. The van der Waals surface area contributed by atoms with Gasteiger partial charge in [-0.2, -0.15) is 0 Å². The Kier molecular flexibility index (Phi) is 7.22. The minimum atomic E-state index is 0.552. The Balaban J connectivity index is 2.93. The molecule has 0 unspecified atom stereocenters. The minimum absolute atomic E-state index is 0.552. The molecule has 1 aromatic carbocycles. The van der Waals surface area contributed by atoms with Gasteiger partial charge in [-0.15, -0.1) is 0 Å². The molecule has 0 saturated heterocycles. The number of methoxy groups -OCH3 is 2. The van der Waals surface area contributed by atoms with E-state index in [0.717, 1.165) is 29.1 Å². The van der Waals surface area contributed by atoms with Crippen LogP contribution in [0, 0.1) is 0 Å². The molecule has 0 spiro atoms. The van der Waals surface area contributed by atoms with E-state index in [4.69, 9.17) is 9.47 Å². The molecule has 2 N–H and O–H groups in total. The molecule has 6 heteroatoms. The van der Waals surface area contributed by atoms with Gasteiger partial charge in [0.2, 0.25) is 0 Å². The highest BCUT2D eigenvalue weighted by Crippen LogP contribution is 2.33. The monoisotopic (exact) mass is 343 g/mol. The number of hydrogen-bond donors (Lipinski definition) is 2. The average Bonchev–Trinajstić information content (AvgIpc) is 2.45. The zero-order valence-electron chi connectivity index (χ0n) is 12.4. The first kappa shape index (κ1) is 16.6. The van der Waals surface area contributed by atoms with Crippen molar-refractivity contribution in [1.29, 1.82) is 0 Å². The summed E-state index contributed by atoms with van der Waals surface area (Å²) >= 11 is 3.53. The van der Waals surface area contributed by atoms with Crippen molar-refractivity contribution in [3.63, 3.8) is 0 Å². The first-order valence-corrected chi connectivity index (χ1v) is 7.38. The molecule has 0 fully saturated rings. The largest absolute Gasteiger partial charge is 0.493 e. The van der Waals surface area contributed by atoms with E-state index in [1.807, 2.05) is 26.0 Å². The number of aliphatic imine (C=N–C) groups is 1. The molecule has 0 aromatic heterocycles. The Labute approximate surface area is 128 Å². The van der Waals surface area contributed by atoms with Crippen molar-refractivity contribution in [2.45, 2.75) is 20.4 Å². The van der Waals surface area contributed by atoms with Crippen LogP contribution < -0.4 is 20.1 Å². The molecule has 1 aromatic rings. The van der Waals surface area contributed by atoms with Crippen LogP contribution in [0.2, 0.25) is 0 Å². The van der Waals surface area contributed by atoms with Crippen molar-refractivity contribution >= 4 is 21.9 Å². The van der Waals surface area contributed by atoms with Crippen molar-refractivity contribution in [1.82, 2.24) is 10.6 Å². The van der Waals surface area contributed by atoms with Crippen LogP contribution in [-0.4, -0.2) is 33.3 Å². The van der Waals surface area contributed by atoms with Gasteiger partial charge in [-0.05, 0) is 31.5 Å². The second kappa shape index (κ2) is 8.68. The van der Waals surface area contributed by atoms with Crippen LogP contribution in [-0.2, 0) is 6.54 Å². The fraction of sp³-hybridized carbons (Fsp3) is 0.500. The van der Waals surface area contributed by atoms with Gasteiger partial charge in [0.25, 0.3) is 0 Å². The van der Waals surface area contributed by atoms with E-state index in [9.17, 15) is 0 Å². The lowest BCUT2D eigenvalue weighted by molar-refractivity contribution is 0.354. The van der Waals surface area contributed by atoms with E-state index in [1.165, 1.54) is 0 Å². The van der Waals surface area contributed by atoms with Crippen LogP contribution in [0.3, 0.4) is 0 Å². The number of ether oxygens (including phenoxy) is 2. The second-order valence-electron chi connectivity index (χ2n) is 4.02. The van der Waals surface area contributed by atoms with Gasteiger partial charge in [0, 0.05) is 17.6 Å². The Morgan fingerprint density at radius 1 is 1.10 bits per heavy atom. The topological polar surface area (TPSA) is 54.9 Å². The van der Waals surface area contributed by atoms with Gasteiger partial charge < -0.3 is 20.1 Å². The molecule has 0 atom stereocenters. The minimum Gasteiger partial charge on any atom is -0.493 e. The SMILES string of the molecule is CCNC(=NCc1cc(OC)c(OC)cc1Br)NCC. The maximum atomic E-state index is 5.31. The van der Waals surface area contributed by atoms with Crippen LogP contribution in [0.15, 0.2) is 21.6 Å². The molecule has 20 heavy (non-hydrogen) atoms. The summed E-state index contributed by atoms with van der Waals surface area (Å²) in [7, 11) is 3.25. The van der Waals surface area contributed by atoms with E-state index in [2.05, 4.69) is 31.6 Å². The number of nitrogens with one attached hydrogen (secondary N) is 2. The molecule has 0 amide bonds. The predicted octanol–water partition coefficient (Wildman–Crippen LogP) is 2.54. The number of benzene rings is 1. The Morgan fingerprint density at radius 3 is 2.15 bits per heavy atom. The molecular formula is C14H22BrN3O2. The molecule has 0 saturated carbocycles. The third kappa shape index (κ3) is 4.59. The van der Waals surface area contributed by atoms with Crippen LogP contribution in [0.5, 0.6) is 11.5 Å². The normalized spacial score (nSPS) is 9.85. The Morgan fingerprint density at radius 2 is 1.65 bits per heavy atom. The summed E-state index contributed by atoms with van der Waals surface area (Å²) in [4.78, 5) is 4.53. The maximum Gasteiger partial charge on any atom is 0.191 e. The maximum absolute atomic E-state index is 5.31. The third-order valence-electron chi connectivity index (χ3n) is 2.65. The molecular weight excluding hydrogens is 322 g/mol. The van der Waals surface area contributed by atoms with Crippen molar-refractivity contribution in [2.75, 3.05) is 27.3 Å². The number of guanidine groups is 1. The zero-order valence-corrected chi connectivity index (χ0v) is 14.0. The highest BCUT2D eigenvalue weighted by molar-refractivity contribution is 9.10. The molecule has 0 heterocycles. The summed E-state index contributed by atoms with van der Waals surface area (Å²) in [5, 5.41) is 6.38. The van der Waals surface area contributed by atoms with Gasteiger partial charge >= 0.3 is 0 Å². The summed E-state index contributed by atoms with van der Waals surface area (Å²) in [5.74, 6) is 2.21. The number of hydrogen-bond acceptors (Lipinski definition) is 3. The molecule has 5 nitrogen and oxygen atoms in total. The predicted molar refractivity (Wildman–Crippen MR) is 85.7 cm³/mol. The van der Waals surface area contributed by atoms with Crippen molar-refractivity contribution in [3.8, 4) is 11.5 Å². The lowest BCUT2D eigenvalue weighted by atomic mass is 10.2. The van der Waals surface area contributed by atoms with Crippen LogP contribution in [0.4, 0.5) is 0 Å². The van der Waals surface area contributed by atoms with Gasteiger partial charge in [-0.3, -0.25) is 0 Å². The fourth-order valence-electron chi connectivity index (χ4n) is 1.69. The van der Waals surface area contributed by atoms with Crippen LogP contribution >= 0.6 is 15.9 Å². The van der Waals surface area contributed by atoms with E-state index >= 15 is 0 Å². The first-order chi connectivity index (χ1) is 9.65. The zero-order chi connectivity index (χ0) is 15.0. The molecule has 0 aliphatic carbocycles. The molecule has 0 aliphatic heterocycles. The molecule has 0 radical (unpaired) electrons. The van der Waals surface area contributed by atoms with Gasteiger partial charge in [0.05, 0.1) is 20.8 Å².